The summed E-state index contributed by atoms with van der Waals surface area (Å²) in [6.45, 7) is 3.07. The Morgan fingerprint density at radius 1 is 0.935 bits per heavy atom. The summed E-state index contributed by atoms with van der Waals surface area (Å²) in [6.07, 6.45) is 3.90. The molecular weight excluding hydrogens is 386 g/mol. The average molecular weight is 416 g/mol. The summed E-state index contributed by atoms with van der Waals surface area (Å²) >= 11 is 0. The van der Waals surface area contributed by atoms with Crippen LogP contribution in [0.25, 0.3) is 0 Å². The van der Waals surface area contributed by atoms with Crippen LogP contribution in [0.5, 0.6) is 0 Å². The summed E-state index contributed by atoms with van der Waals surface area (Å²) in [6, 6.07) is 21.8. The predicted molar refractivity (Wildman–Crippen MR) is 121 cm³/mol. The van der Waals surface area contributed by atoms with Crippen molar-refractivity contribution >= 4 is 11.8 Å². The fraction of sp³-hybridized carbons (Fsp3) is 0.308. The van der Waals surface area contributed by atoms with Crippen molar-refractivity contribution in [1.82, 2.24) is 14.4 Å². The Hall–Kier alpha value is -3.34. The van der Waals surface area contributed by atoms with Crippen LogP contribution in [-0.4, -0.2) is 38.8 Å². The second-order valence-electron chi connectivity index (χ2n) is 8.32. The molecule has 3 aromatic rings. The normalized spacial score (nSPS) is 13.1. The molecular formula is C26H29N3O2. The van der Waals surface area contributed by atoms with Gasteiger partial charge in [-0.3, -0.25) is 9.59 Å². The zero-order valence-electron chi connectivity index (χ0n) is 18.2. The van der Waals surface area contributed by atoms with Crippen LogP contribution in [0.2, 0.25) is 0 Å². The minimum absolute atomic E-state index is 0.0288. The van der Waals surface area contributed by atoms with Crippen LogP contribution in [-0.2, 0) is 24.9 Å². The molecule has 2 aromatic carbocycles. The molecule has 0 N–H and O–H groups in total. The Bertz CT molecular complexity index is 1050. The summed E-state index contributed by atoms with van der Waals surface area (Å²) in [5, 5.41) is 0. The maximum absolute atomic E-state index is 13.5. The van der Waals surface area contributed by atoms with E-state index in [0.29, 0.717) is 18.7 Å². The molecule has 0 bridgehead atoms. The smallest absolute Gasteiger partial charge is 0.254 e. The molecule has 1 aliphatic rings. The van der Waals surface area contributed by atoms with Crippen LogP contribution in [0.15, 0.2) is 72.9 Å². The lowest BCUT2D eigenvalue weighted by Crippen LogP contribution is -2.43. The van der Waals surface area contributed by atoms with Crippen molar-refractivity contribution in [3.63, 3.8) is 0 Å². The highest BCUT2D eigenvalue weighted by Crippen LogP contribution is 2.29. The Labute approximate surface area is 183 Å². The monoisotopic (exact) mass is 415 g/mol. The lowest BCUT2D eigenvalue weighted by Gasteiger charge is -2.28. The quantitative estimate of drug-likeness (QED) is 0.554. The van der Waals surface area contributed by atoms with Crippen LogP contribution < -0.4 is 0 Å². The van der Waals surface area contributed by atoms with E-state index in [1.54, 1.807) is 4.90 Å². The van der Waals surface area contributed by atoms with E-state index in [9.17, 15) is 9.59 Å². The molecule has 1 heterocycles. The van der Waals surface area contributed by atoms with E-state index in [1.807, 2.05) is 96.4 Å². The van der Waals surface area contributed by atoms with Gasteiger partial charge in [0.25, 0.3) is 5.91 Å². The third-order valence-electron chi connectivity index (χ3n) is 5.90. The minimum Gasteiger partial charge on any atom is -0.353 e. The van der Waals surface area contributed by atoms with Gasteiger partial charge in [-0.05, 0) is 49.1 Å². The van der Waals surface area contributed by atoms with Crippen molar-refractivity contribution in [3.8, 4) is 0 Å². The van der Waals surface area contributed by atoms with Gasteiger partial charge in [-0.25, -0.2) is 0 Å². The van der Waals surface area contributed by atoms with Gasteiger partial charge in [0.15, 0.2) is 0 Å². The number of carbonyl (C=O) groups is 2. The van der Waals surface area contributed by atoms with Crippen molar-refractivity contribution in [3.05, 3.63) is 95.3 Å². The lowest BCUT2D eigenvalue weighted by molar-refractivity contribution is -0.133. The lowest BCUT2D eigenvalue weighted by atomic mass is 10.1. The zero-order chi connectivity index (χ0) is 21.8. The fourth-order valence-electron chi connectivity index (χ4n) is 3.86. The van der Waals surface area contributed by atoms with E-state index < -0.39 is 0 Å². The van der Waals surface area contributed by atoms with Crippen LogP contribution in [0.4, 0.5) is 0 Å². The molecule has 0 saturated heterocycles. The SMILES string of the molecule is Cc1ccccc1C(=O)N(CC(=O)N(Cc1ccccc1)Cc1cccn1C)C1CC1. The molecule has 0 spiro atoms. The number of rotatable bonds is 8. The number of carbonyl (C=O) groups excluding carboxylic acids is 2. The van der Waals surface area contributed by atoms with Gasteiger partial charge >= 0.3 is 0 Å². The third kappa shape index (κ3) is 5.05. The first-order valence-corrected chi connectivity index (χ1v) is 10.8. The van der Waals surface area contributed by atoms with Crippen molar-refractivity contribution in [2.24, 2.45) is 7.05 Å². The summed E-state index contributed by atoms with van der Waals surface area (Å²) in [5.74, 6) is -0.0774. The molecule has 4 rings (SSSR count). The fourth-order valence-corrected chi connectivity index (χ4v) is 3.86. The number of hydrogen-bond acceptors (Lipinski definition) is 2. The molecule has 31 heavy (non-hydrogen) atoms. The summed E-state index contributed by atoms with van der Waals surface area (Å²) < 4.78 is 2.03. The predicted octanol–water partition coefficient (Wildman–Crippen LogP) is 4.17. The van der Waals surface area contributed by atoms with Crippen molar-refractivity contribution in [2.75, 3.05) is 6.54 Å². The summed E-state index contributed by atoms with van der Waals surface area (Å²) in [4.78, 5) is 30.4. The molecule has 1 aromatic heterocycles. The van der Waals surface area contributed by atoms with E-state index in [1.165, 1.54) is 0 Å². The second-order valence-corrected chi connectivity index (χ2v) is 8.32. The molecule has 0 unspecified atom stereocenters. The Morgan fingerprint density at radius 3 is 2.29 bits per heavy atom. The molecule has 0 radical (unpaired) electrons. The molecule has 1 saturated carbocycles. The Kier molecular flexibility index (Phi) is 6.21. The van der Waals surface area contributed by atoms with E-state index >= 15 is 0 Å². The van der Waals surface area contributed by atoms with Crippen LogP contribution in [0.3, 0.4) is 0 Å². The van der Waals surface area contributed by atoms with Gasteiger partial charge < -0.3 is 14.4 Å². The van der Waals surface area contributed by atoms with Crippen LogP contribution in [0, 0.1) is 6.92 Å². The van der Waals surface area contributed by atoms with Crippen LogP contribution >= 0.6 is 0 Å². The second kappa shape index (κ2) is 9.21. The number of nitrogens with zero attached hydrogens (tertiary/aromatic N) is 3. The highest BCUT2D eigenvalue weighted by Gasteiger charge is 2.35. The molecule has 5 heteroatoms. The van der Waals surface area contributed by atoms with Gasteiger partial charge in [0.05, 0.1) is 6.54 Å². The maximum Gasteiger partial charge on any atom is 0.254 e. The van der Waals surface area contributed by atoms with Gasteiger partial charge in [-0.15, -0.1) is 0 Å². The first kappa shape index (κ1) is 20.9. The topological polar surface area (TPSA) is 45.6 Å². The van der Waals surface area contributed by atoms with Gasteiger partial charge in [-0.2, -0.15) is 0 Å². The number of aromatic nitrogens is 1. The van der Waals surface area contributed by atoms with Crippen molar-refractivity contribution < 1.29 is 9.59 Å². The summed E-state index contributed by atoms with van der Waals surface area (Å²) in [7, 11) is 1.98. The molecule has 5 nitrogen and oxygen atoms in total. The highest BCUT2D eigenvalue weighted by atomic mass is 16.2. The van der Waals surface area contributed by atoms with E-state index in [-0.39, 0.29) is 24.4 Å². The molecule has 0 atom stereocenters. The first-order chi connectivity index (χ1) is 15.0. The number of benzene rings is 2. The molecule has 1 fully saturated rings. The molecule has 160 valence electrons. The van der Waals surface area contributed by atoms with Crippen molar-refractivity contribution in [1.29, 1.82) is 0 Å². The Balaban J connectivity index is 1.55. The van der Waals surface area contributed by atoms with Crippen LogP contribution in [0.1, 0.15) is 40.0 Å². The van der Waals surface area contributed by atoms with Gasteiger partial charge in [0, 0.05) is 37.1 Å². The third-order valence-corrected chi connectivity index (χ3v) is 5.90. The first-order valence-electron chi connectivity index (χ1n) is 10.8. The summed E-state index contributed by atoms with van der Waals surface area (Å²) in [5.41, 5.74) is 3.76. The zero-order valence-corrected chi connectivity index (χ0v) is 18.2. The average Bonchev–Trinajstić information content (AvgIpc) is 3.54. The Morgan fingerprint density at radius 2 is 1.65 bits per heavy atom. The minimum atomic E-state index is -0.0486. The maximum atomic E-state index is 13.5. The molecule has 0 aliphatic heterocycles. The highest BCUT2D eigenvalue weighted by molar-refractivity contribution is 5.98. The number of hydrogen-bond donors (Lipinski definition) is 0. The standard InChI is InChI=1S/C26H29N3O2/c1-20-9-6-7-13-24(20)26(31)29(22-14-15-22)19-25(30)28(17-21-10-4-3-5-11-21)18-23-12-8-16-27(23)2/h3-13,16,22H,14-15,17-19H2,1-2H3. The van der Waals surface area contributed by atoms with Gasteiger partial charge in [0.1, 0.15) is 6.54 Å². The van der Waals surface area contributed by atoms with E-state index in [0.717, 1.165) is 29.7 Å². The largest absolute Gasteiger partial charge is 0.353 e. The van der Waals surface area contributed by atoms with E-state index in [4.69, 9.17) is 0 Å². The van der Waals surface area contributed by atoms with Gasteiger partial charge in [-0.1, -0.05) is 48.5 Å². The van der Waals surface area contributed by atoms with Gasteiger partial charge in [0.2, 0.25) is 5.91 Å². The number of amides is 2. The van der Waals surface area contributed by atoms with Crippen molar-refractivity contribution in [2.45, 2.75) is 38.9 Å². The molecule has 1 aliphatic carbocycles. The molecule has 2 amide bonds. The number of aryl methyl sites for hydroxylation is 2. The van der Waals surface area contributed by atoms with E-state index in [2.05, 4.69) is 0 Å².